The van der Waals surface area contributed by atoms with Gasteiger partial charge < -0.3 is 9.71 Å². The van der Waals surface area contributed by atoms with Gasteiger partial charge in [0.05, 0.1) is 6.04 Å². The summed E-state index contributed by atoms with van der Waals surface area (Å²) in [5.41, 5.74) is 2.59. The van der Waals surface area contributed by atoms with Crippen molar-refractivity contribution in [1.29, 1.82) is 0 Å². The Bertz CT molecular complexity index is 515. The van der Waals surface area contributed by atoms with E-state index >= 15 is 0 Å². The fourth-order valence-electron chi connectivity index (χ4n) is 2.69. The quantitative estimate of drug-likeness (QED) is 0.754. The van der Waals surface area contributed by atoms with Crippen molar-refractivity contribution in [1.82, 2.24) is 4.81 Å². The first-order valence-electron chi connectivity index (χ1n) is 6.71. The van der Waals surface area contributed by atoms with Crippen LogP contribution in [0.2, 0.25) is 0 Å². The highest BCUT2D eigenvalue weighted by Gasteiger charge is 2.26. The summed E-state index contributed by atoms with van der Waals surface area (Å²) < 4.78 is 0. The van der Waals surface area contributed by atoms with E-state index in [1.54, 1.807) is 0 Å². The summed E-state index contributed by atoms with van der Waals surface area (Å²) >= 11 is 0. The van der Waals surface area contributed by atoms with Crippen LogP contribution in [0.4, 0.5) is 5.69 Å². The lowest BCUT2D eigenvalue weighted by Crippen LogP contribution is -2.47. The minimum atomic E-state index is 0.322. The van der Waals surface area contributed by atoms with E-state index in [0.717, 1.165) is 19.6 Å². The second-order valence-electron chi connectivity index (χ2n) is 4.95. The van der Waals surface area contributed by atoms with Gasteiger partial charge in [0, 0.05) is 25.3 Å². The van der Waals surface area contributed by atoms with Crippen LogP contribution in [0.3, 0.4) is 0 Å². The van der Waals surface area contributed by atoms with Gasteiger partial charge in [-0.2, -0.15) is 0 Å². The third-order valence-electron chi connectivity index (χ3n) is 3.68. The van der Waals surface area contributed by atoms with Crippen LogP contribution in [0.15, 0.2) is 60.7 Å². The van der Waals surface area contributed by atoms with E-state index in [2.05, 4.69) is 65.6 Å². The molecular formula is C16H17BN2. The third-order valence-corrected chi connectivity index (χ3v) is 3.68. The minimum Gasteiger partial charge on any atom is -0.362 e. The first-order valence-corrected chi connectivity index (χ1v) is 6.71. The molecule has 0 N–H and O–H groups in total. The van der Waals surface area contributed by atoms with Gasteiger partial charge in [-0.25, -0.2) is 0 Å². The molecule has 2 aromatic carbocycles. The molecule has 0 aliphatic carbocycles. The van der Waals surface area contributed by atoms with E-state index in [4.69, 9.17) is 7.98 Å². The van der Waals surface area contributed by atoms with Gasteiger partial charge in [0.15, 0.2) is 7.98 Å². The predicted octanol–water partition coefficient (Wildman–Crippen LogP) is 2.63. The lowest BCUT2D eigenvalue weighted by atomic mass is 9.99. The van der Waals surface area contributed by atoms with E-state index in [1.807, 2.05) is 4.81 Å². The number of rotatable bonds is 2. The van der Waals surface area contributed by atoms with Gasteiger partial charge in [-0.1, -0.05) is 48.5 Å². The molecular weight excluding hydrogens is 231 g/mol. The topological polar surface area (TPSA) is 6.48 Å². The predicted molar refractivity (Wildman–Crippen MR) is 80.3 cm³/mol. The van der Waals surface area contributed by atoms with Crippen molar-refractivity contribution >= 4 is 13.7 Å². The summed E-state index contributed by atoms with van der Waals surface area (Å²) in [6, 6.07) is 21.5. The Kier molecular flexibility index (Phi) is 3.56. The molecule has 0 aromatic heterocycles. The highest BCUT2D eigenvalue weighted by Crippen LogP contribution is 2.29. The van der Waals surface area contributed by atoms with Crippen LogP contribution >= 0.6 is 0 Å². The monoisotopic (exact) mass is 248 g/mol. The number of hydrogen-bond donors (Lipinski definition) is 0. The zero-order chi connectivity index (χ0) is 13.1. The molecule has 0 saturated carbocycles. The Morgan fingerprint density at radius 2 is 1.47 bits per heavy atom. The van der Waals surface area contributed by atoms with Crippen molar-refractivity contribution < 1.29 is 0 Å². The summed E-state index contributed by atoms with van der Waals surface area (Å²) in [5, 5.41) is 0. The van der Waals surface area contributed by atoms with Gasteiger partial charge in [-0.15, -0.1) is 0 Å². The van der Waals surface area contributed by atoms with E-state index < -0.39 is 0 Å². The standard InChI is InChI=1S/C16H17BN2/c17-18-11-12-19(15-9-5-2-6-10-15)16(13-18)14-7-3-1-4-8-14/h1-10,16H,11-13H2/t16-/m0/s1. The molecule has 2 aromatic rings. The molecule has 94 valence electrons. The molecule has 0 spiro atoms. The molecule has 1 heterocycles. The summed E-state index contributed by atoms with van der Waals surface area (Å²) in [6.07, 6.45) is 0. The van der Waals surface area contributed by atoms with E-state index in [-0.39, 0.29) is 0 Å². The van der Waals surface area contributed by atoms with Crippen molar-refractivity contribution in [3.63, 3.8) is 0 Å². The van der Waals surface area contributed by atoms with Crippen LogP contribution in [-0.2, 0) is 0 Å². The molecule has 1 aliphatic rings. The fraction of sp³-hybridized carbons (Fsp3) is 0.250. The summed E-state index contributed by atoms with van der Waals surface area (Å²) in [4.78, 5) is 4.36. The Morgan fingerprint density at radius 1 is 0.842 bits per heavy atom. The van der Waals surface area contributed by atoms with Crippen molar-refractivity contribution in [3.05, 3.63) is 66.2 Å². The molecule has 2 radical (unpaired) electrons. The van der Waals surface area contributed by atoms with Gasteiger partial charge >= 0.3 is 0 Å². The average molecular weight is 248 g/mol. The number of anilines is 1. The van der Waals surface area contributed by atoms with Gasteiger partial charge in [-0.05, 0) is 17.7 Å². The van der Waals surface area contributed by atoms with Gasteiger partial charge in [0.2, 0.25) is 0 Å². The van der Waals surface area contributed by atoms with Crippen molar-refractivity contribution in [2.75, 3.05) is 24.5 Å². The maximum atomic E-state index is 6.01. The Balaban J connectivity index is 1.93. The summed E-state index contributed by atoms with van der Waals surface area (Å²) in [5.74, 6) is 0. The lowest BCUT2D eigenvalue weighted by Gasteiger charge is -2.42. The van der Waals surface area contributed by atoms with Crippen molar-refractivity contribution in [3.8, 4) is 0 Å². The van der Waals surface area contributed by atoms with Crippen LogP contribution in [0, 0.1) is 0 Å². The number of benzene rings is 2. The number of para-hydroxylation sites is 1. The molecule has 3 heteroatoms. The van der Waals surface area contributed by atoms with E-state index in [0.29, 0.717) is 6.04 Å². The van der Waals surface area contributed by atoms with Crippen molar-refractivity contribution in [2.24, 2.45) is 0 Å². The Hall–Kier alpha value is -1.74. The van der Waals surface area contributed by atoms with Crippen LogP contribution in [-0.4, -0.2) is 32.4 Å². The minimum absolute atomic E-state index is 0.322. The molecule has 19 heavy (non-hydrogen) atoms. The van der Waals surface area contributed by atoms with Crippen LogP contribution in [0.25, 0.3) is 0 Å². The smallest absolute Gasteiger partial charge is 0.182 e. The lowest BCUT2D eigenvalue weighted by molar-refractivity contribution is 0.353. The van der Waals surface area contributed by atoms with Crippen LogP contribution < -0.4 is 4.90 Å². The van der Waals surface area contributed by atoms with E-state index in [9.17, 15) is 0 Å². The summed E-state index contributed by atoms with van der Waals surface area (Å²) in [7, 11) is 6.01. The molecule has 0 bridgehead atoms. The van der Waals surface area contributed by atoms with Gasteiger partial charge in [0.25, 0.3) is 0 Å². The normalized spacial score (nSPS) is 20.4. The fourth-order valence-corrected chi connectivity index (χ4v) is 2.69. The molecule has 3 rings (SSSR count). The Morgan fingerprint density at radius 3 is 2.16 bits per heavy atom. The molecule has 1 fully saturated rings. The molecule has 1 aliphatic heterocycles. The zero-order valence-electron chi connectivity index (χ0n) is 10.9. The molecule has 0 unspecified atom stereocenters. The SMILES string of the molecule is [B]N1CCN(c2ccccc2)[C@H](c2ccccc2)C1. The Labute approximate surface area is 116 Å². The third kappa shape index (κ3) is 2.66. The molecule has 2 nitrogen and oxygen atoms in total. The molecule has 1 atom stereocenters. The van der Waals surface area contributed by atoms with Gasteiger partial charge in [-0.3, -0.25) is 0 Å². The highest BCUT2D eigenvalue weighted by atomic mass is 15.3. The zero-order valence-corrected chi connectivity index (χ0v) is 10.9. The average Bonchev–Trinajstić information content (AvgIpc) is 2.49. The first-order chi connectivity index (χ1) is 9.34. The van der Waals surface area contributed by atoms with Crippen LogP contribution in [0.5, 0.6) is 0 Å². The first kappa shape index (κ1) is 12.3. The maximum Gasteiger partial charge on any atom is 0.182 e. The van der Waals surface area contributed by atoms with E-state index in [1.165, 1.54) is 11.3 Å². The number of hydrogen-bond acceptors (Lipinski definition) is 2. The molecule has 0 amide bonds. The highest BCUT2D eigenvalue weighted by molar-refractivity contribution is 6.04. The largest absolute Gasteiger partial charge is 0.362 e. The summed E-state index contributed by atoms with van der Waals surface area (Å²) in [6.45, 7) is 2.72. The van der Waals surface area contributed by atoms with Crippen molar-refractivity contribution in [2.45, 2.75) is 6.04 Å². The second kappa shape index (κ2) is 5.49. The number of piperazine rings is 1. The number of nitrogens with zero attached hydrogens (tertiary/aromatic N) is 2. The second-order valence-corrected chi connectivity index (χ2v) is 4.95. The van der Waals surface area contributed by atoms with Crippen LogP contribution in [0.1, 0.15) is 11.6 Å². The maximum absolute atomic E-state index is 6.01. The molecule has 1 saturated heterocycles. The van der Waals surface area contributed by atoms with Gasteiger partial charge in [0.1, 0.15) is 0 Å².